The number of aromatic hydroxyl groups is 4. The summed E-state index contributed by atoms with van der Waals surface area (Å²) in [5, 5.41) is 48.2. The molecule has 21 heavy (non-hydrogen) atoms. The van der Waals surface area contributed by atoms with Gasteiger partial charge in [0, 0.05) is 11.6 Å². The molecule has 1 aliphatic heterocycles. The molecule has 0 fully saturated rings. The van der Waals surface area contributed by atoms with Crippen molar-refractivity contribution in [3.05, 3.63) is 41.5 Å². The molecule has 0 saturated heterocycles. The summed E-state index contributed by atoms with van der Waals surface area (Å²) in [5.41, 5.74) is 1.13. The van der Waals surface area contributed by atoms with Gasteiger partial charge in [0.1, 0.15) is 5.75 Å². The van der Waals surface area contributed by atoms with E-state index in [1.54, 1.807) is 6.07 Å². The van der Waals surface area contributed by atoms with Crippen LogP contribution < -0.4 is 4.74 Å². The summed E-state index contributed by atoms with van der Waals surface area (Å²) in [4.78, 5) is 0. The molecule has 2 aromatic rings. The van der Waals surface area contributed by atoms with Gasteiger partial charge in [0.25, 0.3) is 0 Å². The fraction of sp³-hybridized carbons (Fsp3) is 0.200. The molecule has 1 aliphatic rings. The lowest BCUT2D eigenvalue weighted by Gasteiger charge is -2.31. The van der Waals surface area contributed by atoms with Gasteiger partial charge in [-0.25, -0.2) is 0 Å². The molecule has 0 aromatic heterocycles. The quantitative estimate of drug-likeness (QED) is 0.510. The molecule has 2 atom stereocenters. The Morgan fingerprint density at radius 1 is 0.905 bits per heavy atom. The molecule has 0 amide bonds. The molecule has 0 aliphatic carbocycles. The maximum Gasteiger partial charge on any atom is 0.204 e. The van der Waals surface area contributed by atoms with Crippen molar-refractivity contribution < 1.29 is 30.3 Å². The number of rotatable bonds is 1. The second-order valence-electron chi connectivity index (χ2n) is 5.02. The van der Waals surface area contributed by atoms with Crippen LogP contribution >= 0.6 is 0 Å². The first-order valence-electron chi connectivity index (χ1n) is 6.37. The Morgan fingerprint density at radius 3 is 2.38 bits per heavy atom. The van der Waals surface area contributed by atoms with Gasteiger partial charge < -0.3 is 30.3 Å². The van der Waals surface area contributed by atoms with Crippen LogP contribution in [0.15, 0.2) is 30.3 Å². The number of ether oxygens (including phenoxy) is 1. The van der Waals surface area contributed by atoms with Gasteiger partial charge in [-0.3, -0.25) is 0 Å². The van der Waals surface area contributed by atoms with Gasteiger partial charge in [-0.1, -0.05) is 6.07 Å². The maximum atomic E-state index is 10.1. The van der Waals surface area contributed by atoms with E-state index in [0.717, 1.165) is 6.07 Å². The smallest absolute Gasteiger partial charge is 0.204 e. The van der Waals surface area contributed by atoms with E-state index in [1.807, 2.05) is 0 Å². The SMILES string of the molecule is Oc1cc(O)c2c(c1)CC(c1ccc(O)c(O)c1)C(O)O2. The molecule has 1 heterocycles. The first kappa shape index (κ1) is 13.4. The second-order valence-corrected chi connectivity index (χ2v) is 5.02. The molecule has 0 radical (unpaired) electrons. The van der Waals surface area contributed by atoms with Crippen LogP contribution in [0, 0.1) is 0 Å². The second kappa shape index (κ2) is 4.75. The molecule has 2 unspecified atom stereocenters. The van der Waals surface area contributed by atoms with Gasteiger partial charge in [-0.2, -0.15) is 0 Å². The zero-order chi connectivity index (χ0) is 15.1. The summed E-state index contributed by atoms with van der Waals surface area (Å²) in [6, 6.07) is 6.83. The minimum Gasteiger partial charge on any atom is -0.508 e. The van der Waals surface area contributed by atoms with Crippen molar-refractivity contribution in [1.29, 1.82) is 0 Å². The van der Waals surface area contributed by atoms with E-state index < -0.39 is 12.2 Å². The van der Waals surface area contributed by atoms with E-state index in [9.17, 15) is 25.5 Å². The standard InChI is InChI=1S/C15H14O6/c16-9-3-8-4-10(7-1-2-11(17)12(18)5-7)15(20)21-14(8)13(19)6-9/h1-3,5-6,10,15-20H,4H2. The monoisotopic (exact) mass is 290 g/mol. The Balaban J connectivity index is 2.00. The number of phenolic OH excluding ortho intramolecular Hbond substituents is 4. The molecular formula is C15H14O6. The summed E-state index contributed by atoms with van der Waals surface area (Å²) in [5.74, 6) is -1.23. The molecule has 0 spiro atoms. The number of benzene rings is 2. The molecule has 0 saturated carbocycles. The third-order valence-corrected chi connectivity index (χ3v) is 3.58. The fourth-order valence-corrected chi connectivity index (χ4v) is 2.54. The van der Waals surface area contributed by atoms with Gasteiger partial charge in [0.05, 0.1) is 5.92 Å². The molecule has 110 valence electrons. The average molecular weight is 290 g/mol. The van der Waals surface area contributed by atoms with E-state index in [2.05, 4.69) is 0 Å². The highest BCUT2D eigenvalue weighted by molar-refractivity contribution is 5.53. The largest absolute Gasteiger partial charge is 0.508 e. The van der Waals surface area contributed by atoms with E-state index in [1.165, 1.54) is 18.2 Å². The van der Waals surface area contributed by atoms with Crippen LogP contribution in [-0.4, -0.2) is 31.8 Å². The van der Waals surface area contributed by atoms with E-state index >= 15 is 0 Å². The molecule has 2 aromatic carbocycles. The van der Waals surface area contributed by atoms with Gasteiger partial charge in [0.2, 0.25) is 6.29 Å². The lowest BCUT2D eigenvalue weighted by Crippen LogP contribution is -2.31. The zero-order valence-electron chi connectivity index (χ0n) is 10.9. The number of phenols is 4. The van der Waals surface area contributed by atoms with Crippen molar-refractivity contribution in [3.63, 3.8) is 0 Å². The first-order valence-corrected chi connectivity index (χ1v) is 6.37. The Kier molecular flexibility index (Phi) is 3.03. The minimum atomic E-state index is -1.21. The van der Waals surface area contributed by atoms with Crippen molar-refractivity contribution >= 4 is 0 Å². The first-order chi connectivity index (χ1) is 9.95. The van der Waals surface area contributed by atoms with Crippen LogP contribution in [0.3, 0.4) is 0 Å². The van der Waals surface area contributed by atoms with Gasteiger partial charge in [-0.15, -0.1) is 0 Å². The molecular weight excluding hydrogens is 276 g/mol. The predicted octanol–water partition coefficient (Wildman–Crippen LogP) is 1.55. The molecule has 5 N–H and O–H groups in total. The van der Waals surface area contributed by atoms with Crippen LogP contribution in [0.2, 0.25) is 0 Å². The topological polar surface area (TPSA) is 110 Å². The molecule has 6 nitrogen and oxygen atoms in total. The van der Waals surface area contributed by atoms with E-state index in [0.29, 0.717) is 17.5 Å². The Morgan fingerprint density at radius 2 is 1.67 bits per heavy atom. The van der Waals surface area contributed by atoms with Crippen molar-refractivity contribution in [1.82, 2.24) is 0 Å². The normalized spacial score (nSPS) is 20.6. The van der Waals surface area contributed by atoms with E-state index in [4.69, 9.17) is 4.74 Å². The third-order valence-electron chi connectivity index (χ3n) is 3.58. The van der Waals surface area contributed by atoms with Crippen LogP contribution in [-0.2, 0) is 6.42 Å². The summed E-state index contributed by atoms with van der Waals surface area (Å²) >= 11 is 0. The number of fused-ring (bicyclic) bond motifs is 1. The van der Waals surface area contributed by atoms with Crippen LogP contribution in [0.1, 0.15) is 17.0 Å². The van der Waals surface area contributed by atoms with Crippen LogP contribution in [0.25, 0.3) is 0 Å². The zero-order valence-corrected chi connectivity index (χ0v) is 10.9. The van der Waals surface area contributed by atoms with Crippen molar-refractivity contribution in [2.45, 2.75) is 18.6 Å². The van der Waals surface area contributed by atoms with Crippen LogP contribution in [0.5, 0.6) is 28.7 Å². The Labute approximate surface area is 120 Å². The summed E-state index contributed by atoms with van der Waals surface area (Å²) in [6.45, 7) is 0. The number of aliphatic hydroxyl groups is 1. The molecule has 0 bridgehead atoms. The number of hydrogen-bond acceptors (Lipinski definition) is 6. The Bertz CT molecular complexity index is 697. The lowest BCUT2D eigenvalue weighted by atomic mass is 9.88. The highest BCUT2D eigenvalue weighted by atomic mass is 16.6. The summed E-state index contributed by atoms with van der Waals surface area (Å²) < 4.78 is 5.31. The van der Waals surface area contributed by atoms with Crippen molar-refractivity contribution in [3.8, 4) is 28.7 Å². The Hall–Kier alpha value is -2.60. The van der Waals surface area contributed by atoms with Gasteiger partial charge >= 0.3 is 0 Å². The van der Waals surface area contributed by atoms with Gasteiger partial charge in [-0.05, 0) is 30.2 Å². The summed E-state index contributed by atoms with van der Waals surface area (Å²) in [7, 11) is 0. The minimum absolute atomic E-state index is 0.0986. The van der Waals surface area contributed by atoms with Crippen molar-refractivity contribution in [2.75, 3.05) is 0 Å². The highest BCUT2D eigenvalue weighted by Gasteiger charge is 2.32. The summed E-state index contributed by atoms with van der Waals surface area (Å²) in [6.07, 6.45) is -0.903. The lowest BCUT2D eigenvalue weighted by molar-refractivity contribution is -0.0497. The average Bonchev–Trinajstić information content (AvgIpc) is 2.42. The highest BCUT2D eigenvalue weighted by Crippen LogP contribution is 2.43. The van der Waals surface area contributed by atoms with Crippen molar-refractivity contribution in [2.24, 2.45) is 0 Å². The van der Waals surface area contributed by atoms with Gasteiger partial charge in [0.15, 0.2) is 23.0 Å². The maximum absolute atomic E-state index is 10.1. The van der Waals surface area contributed by atoms with E-state index in [-0.39, 0.29) is 28.7 Å². The number of aliphatic hydroxyl groups excluding tert-OH is 1. The van der Waals surface area contributed by atoms with Crippen LogP contribution in [0.4, 0.5) is 0 Å². The molecule has 6 heteroatoms. The fourth-order valence-electron chi connectivity index (χ4n) is 2.54. The molecule has 3 rings (SSSR count). The predicted molar refractivity (Wildman–Crippen MR) is 72.6 cm³/mol. The third kappa shape index (κ3) is 2.30. The number of hydrogen-bond donors (Lipinski definition) is 5.